The molecule has 2 aromatic heterocycles. The molecule has 2 unspecified atom stereocenters. The smallest absolute Gasteiger partial charge is 0.194 e. The van der Waals surface area contributed by atoms with Gasteiger partial charge < -0.3 is 10.2 Å². The van der Waals surface area contributed by atoms with Gasteiger partial charge in [0, 0.05) is 26.3 Å². The number of pyridine rings is 1. The van der Waals surface area contributed by atoms with E-state index in [1.54, 1.807) is 0 Å². The van der Waals surface area contributed by atoms with E-state index in [-0.39, 0.29) is 24.0 Å². The maximum absolute atomic E-state index is 4.48. The molecular formula is C17H25IN6. The fraction of sp³-hybridized carbons (Fsp3) is 0.588. The first-order valence-corrected chi connectivity index (χ1v) is 8.59. The Kier molecular flexibility index (Phi) is 5.57. The van der Waals surface area contributed by atoms with Crippen molar-refractivity contribution in [1.82, 2.24) is 24.8 Å². The first-order chi connectivity index (χ1) is 11.3. The summed E-state index contributed by atoms with van der Waals surface area (Å²) in [6.07, 6.45) is 7.55. The molecule has 130 valence electrons. The van der Waals surface area contributed by atoms with Crippen LogP contribution in [0, 0.1) is 11.8 Å². The highest BCUT2D eigenvalue weighted by molar-refractivity contribution is 14.0. The SMILES string of the molecule is CN=C(NCc1nnc2ccccn12)N1CC2CCCCC2C1.I. The van der Waals surface area contributed by atoms with E-state index >= 15 is 0 Å². The van der Waals surface area contributed by atoms with Crippen LogP contribution in [0.5, 0.6) is 0 Å². The van der Waals surface area contributed by atoms with E-state index in [0.717, 1.165) is 42.4 Å². The lowest BCUT2D eigenvalue weighted by Crippen LogP contribution is -2.40. The summed E-state index contributed by atoms with van der Waals surface area (Å²) in [5.41, 5.74) is 0.881. The molecule has 4 rings (SSSR count). The third-order valence-electron chi connectivity index (χ3n) is 5.28. The van der Waals surface area contributed by atoms with E-state index in [2.05, 4.69) is 25.4 Å². The van der Waals surface area contributed by atoms with Crippen molar-refractivity contribution in [2.75, 3.05) is 20.1 Å². The molecule has 0 amide bonds. The van der Waals surface area contributed by atoms with E-state index in [1.807, 2.05) is 35.8 Å². The third kappa shape index (κ3) is 3.36. The highest BCUT2D eigenvalue weighted by Gasteiger charge is 2.35. The molecule has 1 saturated heterocycles. The van der Waals surface area contributed by atoms with Crippen molar-refractivity contribution in [3.05, 3.63) is 30.2 Å². The highest BCUT2D eigenvalue weighted by atomic mass is 127. The van der Waals surface area contributed by atoms with Crippen LogP contribution >= 0.6 is 24.0 Å². The first-order valence-electron chi connectivity index (χ1n) is 8.59. The van der Waals surface area contributed by atoms with Gasteiger partial charge in [-0.3, -0.25) is 9.39 Å². The average molecular weight is 440 g/mol. The summed E-state index contributed by atoms with van der Waals surface area (Å²) in [4.78, 5) is 6.90. The molecule has 3 heterocycles. The van der Waals surface area contributed by atoms with Crippen LogP contribution in [0.15, 0.2) is 29.4 Å². The van der Waals surface area contributed by atoms with Gasteiger partial charge in [-0.2, -0.15) is 0 Å². The molecule has 0 spiro atoms. The molecule has 2 atom stereocenters. The Morgan fingerprint density at radius 3 is 2.67 bits per heavy atom. The monoisotopic (exact) mass is 440 g/mol. The Labute approximate surface area is 159 Å². The third-order valence-corrected chi connectivity index (χ3v) is 5.28. The zero-order chi connectivity index (χ0) is 15.6. The number of fused-ring (bicyclic) bond motifs is 2. The van der Waals surface area contributed by atoms with Gasteiger partial charge in [-0.25, -0.2) is 0 Å². The second-order valence-electron chi connectivity index (χ2n) is 6.66. The van der Waals surface area contributed by atoms with Crippen molar-refractivity contribution >= 4 is 35.6 Å². The first kappa shape index (κ1) is 17.4. The van der Waals surface area contributed by atoms with Crippen molar-refractivity contribution in [3.63, 3.8) is 0 Å². The molecule has 1 saturated carbocycles. The lowest BCUT2D eigenvalue weighted by molar-refractivity contribution is 0.299. The zero-order valence-corrected chi connectivity index (χ0v) is 16.4. The maximum Gasteiger partial charge on any atom is 0.194 e. The maximum atomic E-state index is 4.48. The number of halogens is 1. The number of nitrogens with zero attached hydrogens (tertiary/aromatic N) is 5. The zero-order valence-electron chi connectivity index (χ0n) is 14.1. The minimum Gasteiger partial charge on any atom is -0.349 e. The van der Waals surface area contributed by atoms with Gasteiger partial charge in [0.1, 0.15) is 0 Å². The fourth-order valence-corrected chi connectivity index (χ4v) is 4.08. The van der Waals surface area contributed by atoms with Crippen molar-refractivity contribution in [2.45, 2.75) is 32.2 Å². The minimum absolute atomic E-state index is 0. The Balaban J connectivity index is 0.00000169. The Morgan fingerprint density at radius 2 is 1.96 bits per heavy atom. The van der Waals surface area contributed by atoms with Gasteiger partial charge in [-0.05, 0) is 36.8 Å². The molecule has 2 aliphatic rings. The van der Waals surface area contributed by atoms with Gasteiger partial charge in [0.2, 0.25) is 0 Å². The van der Waals surface area contributed by atoms with E-state index in [4.69, 9.17) is 0 Å². The van der Waals surface area contributed by atoms with Gasteiger partial charge in [-0.15, -0.1) is 34.2 Å². The second-order valence-corrected chi connectivity index (χ2v) is 6.66. The van der Waals surface area contributed by atoms with E-state index < -0.39 is 0 Å². The Morgan fingerprint density at radius 1 is 1.21 bits per heavy atom. The number of aromatic nitrogens is 3. The van der Waals surface area contributed by atoms with Gasteiger partial charge in [0.05, 0.1) is 6.54 Å². The summed E-state index contributed by atoms with van der Waals surface area (Å²) >= 11 is 0. The fourth-order valence-electron chi connectivity index (χ4n) is 4.08. The van der Waals surface area contributed by atoms with Crippen LogP contribution in [0.2, 0.25) is 0 Å². The molecule has 7 heteroatoms. The molecule has 2 fully saturated rings. The van der Waals surface area contributed by atoms with Crippen molar-refractivity contribution in [1.29, 1.82) is 0 Å². The number of aliphatic imine (C=N–C) groups is 1. The van der Waals surface area contributed by atoms with Crippen LogP contribution in [0.1, 0.15) is 31.5 Å². The molecule has 1 aliphatic carbocycles. The quantitative estimate of drug-likeness (QED) is 0.443. The Hall–Kier alpha value is -1.38. The molecule has 0 bridgehead atoms. The summed E-state index contributed by atoms with van der Waals surface area (Å²) in [6, 6.07) is 5.95. The van der Waals surface area contributed by atoms with E-state index in [9.17, 15) is 0 Å². The summed E-state index contributed by atoms with van der Waals surface area (Å²) in [6.45, 7) is 2.93. The van der Waals surface area contributed by atoms with Gasteiger partial charge in [0.15, 0.2) is 17.4 Å². The lowest BCUT2D eigenvalue weighted by atomic mass is 9.82. The molecule has 1 aliphatic heterocycles. The van der Waals surface area contributed by atoms with Crippen LogP contribution < -0.4 is 5.32 Å². The highest BCUT2D eigenvalue weighted by Crippen LogP contribution is 2.35. The van der Waals surface area contributed by atoms with Gasteiger partial charge in [-0.1, -0.05) is 18.9 Å². The lowest BCUT2D eigenvalue weighted by Gasteiger charge is -2.22. The summed E-state index contributed by atoms with van der Waals surface area (Å²) in [5, 5.41) is 11.9. The molecule has 0 aromatic carbocycles. The standard InChI is InChI=1S/C17H24N6.HI/c1-18-17(22-11-13-6-2-3-7-14(13)12-22)19-10-16-21-20-15-8-4-5-9-23(15)16;/h4-5,8-9,13-14H,2-3,6-7,10-12H2,1H3,(H,18,19);1H. The predicted molar refractivity (Wildman–Crippen MR) is 106 cm³/mol. The predicted octanol–water partition coefficient (Wildman–Crippen LogP) is 2.54. The number of nitrogens with one attached hydrogen (secondary N) is 1. The van der Waals surface area contributed by atoms with Crippen LogP contribution in [-0.4, -0.2) is 45.6 Å². The number of guanidine groups is 1. The average Bonchev–Trinajstić information content (AvgIpc) is 3.19. The summed E-state index contributed by atoms with van der Waals surface area (Å²) in [5.74, 6) is 3.62. The number of rotatable bonds is 2. The molecule has 24 heavy (non-hydrogen) atoms. The van der Waals surface area contributed by atoms with Crippen LogP contribution in [0.4, 0.5) is 0 Å². The van der Waals surface area contributed by atoms with Crippen molar-refractivity contribution in [2.24, 2.45) is 16.8 Å². The normalized spacial score (nSPS) is 23.9. The molecule has 6 nitrogen and oxygen atoms in total. The topological polar surface area (TPSA) is 57.8 Å². The summed E-state index contributed by atoms with van der Waals surface area (Å²) in [7, 11) is 1.87. The van der Waals surface area contributed by atoms with Crippen LogP contribution in [-0.2, 0) is 6.54 Å². The second kappa shape index (κ2) is 7.67. The van der Waals surface area contributed by atoms with Crippen molar-refractivity contribution < 1.29 is 0 Å². The van der Waals surface area contributed by atoms with Crippen LogP contribution in [0.3, 0.4) is 0 Å². The summed E-state index contributed by atoms with van der Waals surface area (Å²) < 4.78 is 2.02. The minimum atomic E-state index is 0. The van der Waals surface area contributed by atoms with Gasteiger partial charge >= 0.3 is 0 Å². The molecule has 1 N–H and O–H groups in total. The van der Waals surface area contributed by atoms with E-state index in [1.165, 1.54) is 25.7 Å². The van der Waals surface area contributed by atoms with Crippen LogP contribution in [0.25, 0.3) is 5.65 Å². The Bertz CT molecular complexity index is 698. The van der Waals surface area contributed by atoms with E-state index in [0.29, 0.717) is 6.54 Å². The molecule has 0 radical (unpaired) electrons. The largest absolute Gasteiger partial charge is 0.349 e. The van der Waals surface area contributed by atoms with Crippen molar-refractivity contribution in [3.8, 4) is 0 Å². The number of likely N-dealkylation sites (tertiary alicyclic amines) is 1. The molecule has 2 aromatic rings. The number of hydrogen-bond donors (Lipinski definition) is 1. The van der Waals surface area contributed by atoms with Gasteiger partial charge in [0.25, 0.3) is 0 Å². The molecular weight excluding hydrogens is 415 g/mol. The number of hydrogen-bond acceptors (Lipinski definition) is 3.